The van der Waals surface area contributed by atoms with E-state index in [0.29, 0.717) is 63.9 Å². The monoisotopic (exact) mass is 605 g/mol. The second kappa shape index (κ2) is 13.2. The zero-order valence-corrected chi connectivity index (χ0v) is 23.8. The molecule has 0 aliphatic carbocycles. The van der Waals surface area contributed by atoms with Gasteiger partial charge in [0.25, 0.3) is 0 Å². The number of ether oxygens (including phenoxy) is 1. The van der Waals surface area contributed by atoms with Gasteiger partial charge in [0.15, 0.2) is 0 Å². The number of aromatic amines is 1. The minimum absolute atomic E-state index is 0.102. The van der Waals surface area contributed by atoms with E-state index in [4.69, 9.17) is 16.6 Å². The minimum atomic E-state index is -1.06. The first kappa shape index (κ1) is 29.3. The first-order chi connectivity index (χ1) is 20.8. The Bertz CT molecular complexity index is 1650. The number of carbonyl (C=O) groups is 3. The molecule has 222 valence electrons. The quantitative estimate of drug-likeness (QED) is 0.239. The number of halogens is 1. The fourth-order valence-corrected chi connectivity index (χ4v) is 4.96. The van der Waals surface area contributed by atoms with Crippen molar-refractivity contribution in [1.29, 1.82) is 0 Å². The number of benzene rings is 2. The van der Waals surface area contributed by atoms with Crippen LogP contribution in [0.15, 0.2) is 55.0 Å². The van der Waals surface area contributed by atoms with Gasteiger partial charge < -0.3 is 25.0 Å². The summed E-state index contributed by atoms with van der Waals surface area (Å²) in [5.41, 5.74) is 3.65. The molecule has 0 unspecified atom stereocenters. The van der Waals surface area contributed by atoms with Gasteiger partial charge in [-0.15, -0.1) is 5.10 Å². The van der Waals surface area contributed by atoms with Crippen molar-refractivity contribution in [2.24, 2.45) is 0 Å². The van der Waals surface area contributed by atoms with Crippen LogP contribution in [0, 0.1) is 0 Å². The number of anilines is 1. The van der Waals surface area contributed by atoms with Crippen LogP contribution in [0.2, 0.25) is 5.02 Å². The van der Waals surface area contributed by atoms with E-state index in [-0.39, 0.29) is 19.0 Å². The van der Waals surface area contributed by atoms with Crippen LogP contribution in [0.25, 0.3) is 23.0 Å². The van der Waals surface area contributed by atoms with E-state index >= 15 is 0 Å². The van der Waals surface area contributed by atoms with Gasteiger partial charge in [-0.05, 0) is 71.7 Å². The molecular weight excluding hydrogens is 578 g/mol. The standard InChI is InChI=1S/C28H28ClN9O5/c1-43-27(40)32-20-7-8-21-18(13-20)15-37(28(41)42)11-3-2-4-22(26-30-14-23(21)34-26)33-25(39)10-5-17-12-19(29)6-9-24(17)38-16-31-35-36-38/h5-10,12-14,16,22H,2-4,11,15H2,1H3,(H,30,34)(H,32,40)(H,33,39)(H,41,42)/t22-/m0/s1. The average Bonchev–Trinajstić information content (AvgIpc) is 3.70. The summed E-state index contributed by atoms with van der Waals surface area (Å²) >= 11 is 6.19. The molecule has 43 heavy (non-hydrogen) atoms. The molecular formula is C28H28ClN9O5. The van der Waals surface area contributed by atoms with Crippen molar-refractivity contribution in [1.82, 2.24) is 40.4 Å². The van der Waals surface area contributed by atoms with Gasteiger partial charge >= 0.3 is 12.2 Å². The number of aromatic nitrogens is 6. The van der Waals surface area contributed by atoms with Gasteiger partial charge in [-0.25, -0.2) is 14.6 Å². The van der Waals surface area contributed by atoms with Crippen molar-refractivity contribution in [3.8, 4) is 16.9 Å². The number of fused-ring (bicyclic) bond motifs is 4. The molecule has 3 amide bonds. The molecule has 1 aliphatic heterocycles. The number of rotatable bonds is 5. The van der Waals surface area contributed by atoms with Gasteiger partial charge in [-0.2, -0.15) is 4.68 Å². The number of hydrogen-bond donors (Lipinski definition) is 4. The predicted molar refractivity (Wildman–Crippen MR) is 156 cm³/mol. The molecule has 2 aromatic heterocycles. The topological polar surface area (TPSA) is 180 Å². The van der Waals surface area contributed by atoms with Crippen LogP contribution in [-0.4, -0.2) is 71.9 Å². The Morgan fingerprint density at radius 1 is 1.19 bits per heavy atom. The Labute approximate surface area is 250 Å². The highest BCUT2D eigenvalue weighted by atomic mass is 35.5. The summed E-state index contributed by atoms with van der Waals surface area (Å²) in [5.74, 6) is 0.205. The lowest BCUT2D eigenvalue weighted by atomic mass is 10.0. The second-order valence-electron chi connectivity index (χ2n) is 9.71. The van der Waals surface area contributed by atoms with Crippen molar-refractivity contribution < 1.29 is 24.2 Å². The third-order valence-corrected chi connectivity index (χ3v) is 7.09. The summed E-state index contributed by atoms with van der Waals surface area (Å²) in [5, 5.41) is 27.2. The molecule has 0 fully saturated rings. The van der Waals surface area contributed by atoms with Crippen LogP contribution in [0.1, 0.15) is 42.3 Å². The Morgan fingerprint density at radius 2 is 2.05 bits per heavy atom. The normalized spacial score (nSPS) is 15.2. The highest BCUT2D eigenvalue weighted by molar-refractivity contribution is 6.30. The van der Waals surface area contributed by atoms with Crippen LogP contribution in [0.3, 0.4) is 0 Å². The summed E-state index contributed by atoms with van der Waals surface area (Å²) in [4.78, 5) is 46.2. The summed E-state index contributed by atoms with van der Waals surface area (Å²) in [6.45, 7) is 0.391. The Hall–Kier alpha value is -5.24. The molecule has 3 heterocycles. The summed E-state index contributed by atoms with van der Waals surface area (Å²) in [6.07, 6.45) is 6.21. The molecule has 4 N–H and O–H groups in total. The van der Waals surface area contributed by atoms with Crippen LogP contribution in [-0.2, 0) is 16.1 Å². The maximum absolute atomic E-state index is 13.1. The zero-order chi connectivity index (χ0) is 30.3. The maximum Gasteiger partial charge on any atom is 0.411 e. The Kier molecular flexibility index (Phi) is 8.96. The fraction of sp³-hybridized carbons (Fsp3) is 0.250. The predicted octanol–water partition coefficient (Wildman–Crippen LogP) is 4.42. The van der Waals surface area contributed by atoms with Crippen molar-refractivity contribution in [3.63, 3.8) is 0 Å². The zero-order valence-electron chi connectivity index (χ0n) is 23.0. The third-order valence-electron chi connectivity index (χ3n) is 6.86. The highest BCUT2D eigenvalue weighted by Gasteiger charge is 2.22. The minimum Gasteiger partial charge on any atom is -0.465 e. The van der Waals surface area contributed by atoms with Crippen molar-refractivity contribution in [2.45, 2.75) is 31.8 Å². The van der Waals surface area contributed by atoms with Crippen LogP contribution < -0.4 is 10.6 Å². The average molecular weight is 606 g/mol. The molecule has 0 saturated heterocycles. The number of carbonyl (C=O) groups excluding carboxylic acids is 2. The third kappa shape index (κ3) is 7.16. The highest BCUT2D eigenvalue weighted by Crippen LogP contribution is 2.30. The molecule has 4 aromatic rings. The first-order valence-electron chi connectivity index (χ1n) is 13.3. The van der Waals surface area contributed by atoms with E-state index in [0.717, 1.165) is 0 Å². The van der Waals surface area contributed by atoms with Gasteiger partial charge in [0.1, 0.15) is 12.2 Å². The van der Waals surface area contributed by atoms with E-state index < -0.39 is 18.2 Å². The summed E-state index contributed by atoms with van der Waals surface area (Å²) in [6, 6.07) is 9.84. The van der Waals surface area contributed by atoms with Gasteiger partial charge in [-0.1, -0.05) is 17.7 Å². The van der Waals surface area contributed by atoms with Crippen molar-refractivity contribution in [2.75, 3.05) is 19.0 Å². The van der Waals surface area contributed by atoms with E-state index in [1.807, 2.05) is 0 Å². The number of H-pyrrole nitrogens is 1. The molecule has 2 bridgehead atoms. The van der Waals surface area contributed by atoms with Gasteiger partial charge in [-0.3, -0.25) is 10.1 Å². The molecule has 1 atom stereocenters. The largest absolute Gasteiger partial charge is 0.465 e. The smallest absolute Gasteiger partial charge is 0.411 e. The van der Waals surface area contributed by atoms with Crippen LogP contribution in [0.4, 0.5) is 15.3 Å². The number of amides is 3. The molecule has 2 aromatic carbocycles. The first-order valence-corrected chi connectivity index (χ1v) is 13.7. The van der Waals surface area contributed by atoms with Gasteiger partial charge in [0.2, 0.25) is 5.91 Å². The fourth-order valence-electron chi connectivity index (χ4n) is 4.77. The van der Waals surface area contributed by atoms with Crippen molar-refractivity contribution >= 4 is 41.5 Å². The lowest BCUT2D eigenvalue weighted by Gasteiger charge is -2.23. The molecule has 15 heteroatoms. The molecule has 0 saturated carbocycles. The number of nitrogens with zero attached hydrogens (tertiary/aromatic N) is 6. The van der Waals surface area contributed by atoms with E-state index in [2.05, 4.69) is 35.9 Å². The number of tetrazole rings is 1. The van der Waals surface area contributed by atoms with Crippen LogP contribution >= 0.6 is 11.6 Å². The SMILES string of the molecule is COC(=O)Nc1ccc2c(c1)CN(C(=O)O)CCCC[C@H](NC(=O)C=Cc1cc(Cl)ccc1-n1cnnn1)c1nc-2c[nH]1. The van der Waals surface area contributed by atoms with Gasteiger partial charge in [0.05, 0.1) is 24.5 Å². The van der Waals surface area contributed by atoms with E-state index in [1.165, 1.54) is 29.1 Å². The van der Waals surface area contributed by atoms with E-state index in [9.17, 15) is 19.5 Å². The Balaban J connectivity index is 1.41. The summed E-state index contributed by atoms with van der Waals surface area (Å²) < 4.78 is 6.15. The molecule has 1 aliphatic rings. The lowest BCUT2D eigenvalue weighted by molar-refractivity contribution is -0.117. The maximum atomic E-state index is 13.1. The number of nitrogens with one attached hydrogen (secondary N) is 3. The second-order valence-corrected chi connectivity index (χ2v) is 10.1. The number of imidazole rings is 1. The molecule has 5 rings (SSSR count). The lowest BCUT2D eigenvalue weighted by Crippen LogP contribution is -2.31. The van der Waals surface area contributed by atoms with Crippen molar-refractivity contribution in [3.05, 3.63) is 77.0 Å². The molecule has 0 radical (unpaired) electrons. The van der Waals surface area contributed by atoms with Gasteiger partial charge in [0, 0.05) is 47.2 Å². The molecule has 14 nitrogen and oxygen atoms in total. The van der Waals surface area contributed by atoms with Crippen LogP contribution in [0.5, 0.6) is 0 Å². The number of methoxy groups -OCH3 is 1. The summed E-state index contributed by atoms with van der Waals surface area (Å²) in [7, 11) is 1.26. The van der Waals surface area contributed by atoms with E-state index in [1.54, 1.807) is 48.7 Å². The molecule has 0 spiro atoms. The number of carboxylic acid groups (broad SMARTS) is 1. The number of hydrogen-bond acceptors (Lipinski definition) is 8. The Morgan fingerprint density at radius 3 is 2.81 bits per heavy atom.